The number of halogens is 1. The highest BCUT2D eigenvalue weighted by Crippen LogP contribution is 2.30. The molecule has 0 saturated carbocycles. The summed E-state index contributed by atoms with van der Waals surface area (Å²) in [6, 6.07) is 7.71. The van der Waals surface area contributed by atoms with E-state index in [9.17, 15) is 9.18 Å². The van der Waals surface area contributed by atoms with Crippen molar-refractivity contribution in [2.45, 2.75) is 26.7 Å². The van der Waals surface area contributed by atoms with E-state index in [1.807, 2.05) is 20.8 Å². The number of esters is 1. The fraction of sp³-hybridized carbons (Fsp3) is 0.278. The van der Waals surface area contributed by atoms with Gasteiger partial charge in [-0.2, -0.15) is 5.10 Å². The third-order valence-electron chi connectivity index (χ3n) is 3.82. The molecule has 0 N–H and O–H groups in total. The standard InChI is InChI=1S/C18H18FN3O2/c1-10(2)16-15-14(18(23)24-4)9-11(3)20-17(15)22(21-16)13-7-5-12(19)6-8-13/h5-10H,1-4H3. The van der Waals surface area contributed by atoms with Crippen LogP contribution in [-0.2, 0) is 4.74 Å². The smallest absolute Gasteiger partial charge is 0.338 e. The van der Waals surface area contributed by atoms with E-state index in [1.54, 1.807) is 22.9 Å². The average molecular weight is 327 g/mol. The Morgan fingerprint density at radius 2 is 1.92 bits per heavy atom. The summed E-state index contributed by atoms with van der Waals surface area (Å²) in [4.78, 5) is 16.8. The van der Waals surface area contributed by atoms with E-state index in [-0.39, 0.29) is 11.7 Å². The van der Waals surface area contributed by atoms with Gasteiger partial charge in [0, 0.05) is 5.69 Å². The Morgan fingerprint density at radius 3 is 2.50 bits per heavy atom. The molecule has 0 spiro atoms. The van der Waals surface area contributed by atoms with Gasteiger partial charge in [0.1, 0.15) is 5.82 Å². The number of pyridine rings is 1. The van der Waals surface area contributed by atoms with Gasteiger partial charge in [-0.15, -0.1) is 0 Å². The Morgan fingerprint density at radius 1 is 1.25 bits per heavy atom. The molecule has 0 unspecified atom stereocenters. The van der Waals surface area contributed by atoms with Gasteiger partial charge in [-0.25, -0.2) is 18.9 Å². The fourth-order valence-corrected chi connectivity index (χ4v) is 2.71. The van der Waals surface area contributed by atoms with Gasteiger partial charge >= 0.3 is 5.97 Å². The number of aromatic nitrogens is 3. The largest absolute Gasteiger partial charge is 0.465 e. The lowest BCUT2D eigenvalue weighted by Crippen LogP contribution is -2.05. The van der Waals surface area contributed by atoms with Gasteiger partial charge in [-0.1, -0.05) is 13.8 Å². The van der Waals surface area contributed by atoms with Gasteiger partial charge < -0.3 is 4.74 Å². The van der Waals surface area contributed by atoms with E-state index >= 15 is 0 Å². The quantitative estimate of drug-likeness (QED) is 0.687. The molecule has 0 atom stereocenters. The number of ether oxygens (including phenoxy) is 1. The zero-order valence-electron chi connectivity index (χ0n) is 14.0. The first-order valence-electron chi connectivity index (χ1n) is 7.67. The van der Waals surface area contributed by atoms with Crippen molar-refractivity contribution in [3.63, 3.8) is 0 Å². The van der Waals surface area contributed by atoms with Crippen molar-refractivity contribution in [3.05, 3.63) is 53.1 Å². The van der Waals surface area contributed by atoms with Crippen molar-refractivity contribution in [1.29, 1.82) is 0 Å². The van der Waals surface area contributed by atoms with Gasteiger partial charge in [0.2, 0.25) is 0 Å². The Balaban J connectivity index is 2.38. The van der Waals surface area contributed by atoms with Crippen LogP contribution < -0.4 is 0 Å². The Bertz CT molecular complexity index is 914. The molecule has 2 heterocycles. The van der Waals surface area contributed by atoms with Crippen molar-refractivity contribution in [2.24, 2.45) is 0 Å². The summed E-state index contributed by atoms with van der Waals surface area (Å²) in [6.45, 7) is 5.80. The summed E-state index contributed by atoms with van der Waals surface area (Å²) < 4.78 is 19.8. The Hall–Kier alpha value is -2.76. The number of nitrogens with zero attached hydrogens (tertiary/aromatic N) is 3. The molecule has 0 aliphatic heterocycles. The van der Waals surface area contributed by atoms with E-state index in [0.717, 1.165) is 5.69 Å². The fourth-order valence-electron chi connectivity index (χ4n) is 2.71. The zero-order valence-corrected chi connectivity index (χ0v) is 14.0. The maximum absolute atomic E-state index is 13.2. The molecular weight excluding hydrogens is 309 g/mol. The lowest BCUT2D eigenvalue weighted by Gasteiger charge is -2.06. The minimum atomic E-state index is -0.425. The third-order valence-corrected chi connectivity index (χ3v) is 3.82. The topological polar surface area (TPSA) is 57.0 Å². The van der Waals surface area contributed by atoms with Crippen LogP contribution in [0.3, 0.4) is 0 Å². The number of rotatable bonds is 3. The summed E-state index contributed by atoms with van der Waals surface area (Å²) >= 11 is 0. The van der Waals surface area contributed by atoms with E-state index in [0.29, 0.717) is 28.0 Å². The predicted octanol–water partition coefficient (Wildman–Crippen LogP) is 3.78. The molecule has 2 aromatic heterocycles. The number of benzene rings is 1. The molecule has 0 radical (unpaired) electrons. The molecule has 0 fully saturated rings. The van der Waals surface area contributed by atoms with Crippen molar-refractivity contribution in [1.82, 2.24) is 14.8 Å². The Kier molecular flexibility index (Phi) is 4.05. The Labute approximate surface area is 139 Å². The second kappa shape index (κ2) is 6.03. The SMILES string of the molecule is COC(=O)c1cc(C)nc2c1c(C(C)C)nn2-c1ccc(F)cc1. The van der Waals surface area contributed by atoms with Crippen LogP contribution >= 0.6 is 0 Å². The number of fused-ring (bicyclic) bond motifs is 1. The summed E-state index contributed by atoms with van der Waals surface area (Å²) in [7, 11) is 1.35. The van der Waals surface area contributed by atoms with Gasteiger partial charge in [0.25, 0.3) is 0 Å². The van der Waals surface area contributed by atoms with Crippen LogP contribution in [-0.4, -0.2) is 27.8 Å². The number of aryl methyl sites for hydroxylation is 1. The van der Waals surface area contributed by atoms with Crippen molar-refractivity contribution < 1.29 is 13.9 Å². The number of carbonyl (C=O) groups excluding carboxylic acids is 1. The van der Waals surface area contributed by atoms with Crippen molar-refractivity contribution in [2.75, 3.05) is 7.11 Å². The third kappa shape index (κ3) is 2.64. The average Bonchev–Trinajstić information content (AvgIpc) is 2.93. The van der Waals surface area contributed by atoms with Crippen LogP contribution in [0.15, 0.2) is 30.3 Å². The normalized spacial score (nSPS) is 11.2. The first kappa shape index (κ1) is 16.1. The summed E-state index contributed by atoms with van der Waals surface area (Å²) in [5, 5.41) is 5.30. The molecule has 0 saturated heterocycles. The van der Waals surface area contributed by atoms with Gasteiger partial charge in [-0.3, -0.25) is 0 Å². The molecule has 6 heteroatoms. The summed E-state index contributed by atoms with van der Waals surface area (Å²) in [5.41, 5.74) is 3.12. The lowest BCUT2D eigenvalue weighted by molar-refractivity contribution is 0.0602. The monoisotopic (exact) mass is 327 g/mol. The molecule has 0 bridgehead atoms. The van der Waals surface area contributed by atoms with Crippen LogP contribution in [0, 0.1) is 12.7 Å². The number of hydrogen-bond donors (Lipinski definition) is 0. The second-order valence-corrected chi connectivity index (χ2v) is 5.93. The molecule has 5 nitrogen and oxygen atoms in total. The molecule has 0 aliphatic carbocycles. The van der Waals surface area contributed by atoms with Gasteiger partial charge in [0.15, 0.2) is 5.65 Å². The lowest BCUT2D eigenvalue weighted by atomic mass is 10.0. The molecule has 124 valence electrons. The maximum Gasteiger partial charge on any atom is 0.338 e. The first-order chi connectivity index (χ1) is 11.4. The molecule has 3 rings (SSSR count). The number of hydrogen-bond acceptors (Lipinski definition) is 4. The van der Waals surface area contributed by atoms with Crippen LogP contribution in [0.2, 0.25) is 0 Å². The van der Waals surface area contributed by atoms with E-state index < -0.39 is 5.97 Å². The molecule has 3 aromatic rings. The first-order valence-corrected chi connectivity index (χ1v) is 7.67. The maximum atomic E-state index is 13.2. The van der Waals surface area contributed by atoms with Gasteiger partial charge in [0.05, 0.1) is 29.4 Å². The summed E-state index contributed by atoms with van der Waals surface area (Å²) in [6.07, 6.45) is 0. The van der Waals surface area contributed by atoms with Crippen LogP contribution in [0.1, 0.15) is 41.5 Å². The zero-order chi connectivity index (χ0) is 17.4. The predicted molar refractivity (Wildman–Crippen MR) is 89.0 cm³/mol. The summed E-state index contributed by atoms with van der Waals surface area (Å²) in [5.74, 6) is -0.660. The molecule has 0 aliphatic rings. The van der Waals surface area contributed by atoms with Crippen molar-refractivity contribution >= 4 is 17.0 Å². The van der Waals surface area contributed by atoms with Crippen LogP contribution in [0.4, 0.5) is 4.39 Å². The number of methoxy groups -OCH3 is 1. The van der Waals surface area contributed by atoms with Gasteiger partial charge in [-0.05, 0) is 43.2 Å². The molecule has 0 amide bonds. The van der Waals surface area contributed by atoms with E-state index in [1.165, 1.54) is 19.2 Å². The van der Waals surface area contributed by atoms with Crippen LogP contribution in [0.25, 0.3) is 16.7 Å². The minimum Gasteiger partial charge on any atom is -0.465 e. The highest BCUT2D eigenvalue weighted by atomic mass is 19.1. The minimum absolute atomic E-state index is 0.0853. The number of carbonyl (C=O) groups is 1. The van der Waals surface area contributed by atoms with Crippen LogP contribution in [0.5, 0.6) is 0 Å². The molecule has 1 aromatic carbocycles. The van der Waals surface area contributed by atoms with E-state index in [4.69, 9.17) is 4.74 Å². The second-order valence-electron chi connectivity index (χ2n) is 5.93. The van der Waals surface area contributed by atoms with Crippen molar-refractivity contribution in [3.8, 4) is 5.69 Å². The highest BCUT2D eigenvalue weighted by molar-refractivity contribution is 6.04. The molecule has 24 heavy (non-hydrogen) atoms. The van der Waals surface area contributed by atoms with E-state index in [2.05, 4.69) is 10.1 Å². The highest BCUT2D eigenvalue weighted by Gasteiger charge is 2.23. The molecular formula is C18H18FN3O2.